The highest BCUT2D eigenvalue weighted by Gasteiger charge is 2.23. The summed E-state index contributed by atoms with van der Waals surface area (Å²) in [5.41, 5.74) is 3.26. The molecule has 0 bridgehead atoms. The van der Waals surface area contributed by atoms with Gasteiger partial charge < -0.3 is 9.84 Å². The average Bonchev–Trinajstić information content (AvgIpc) is 3.35. The Bertz CT molecular complexity index is 1200. The molecule has 154 valence electrons. The zero-order chi connectivity index (χ0) is 21.3. The highest BCUT2D eigenvalue weighted by Crippen LogP contribution is 2.26. The van der Waals surface area contributed by atoms with E-state index in [9.17, 15) is 4.79 Å². The van der Waals surface area contributed by atoms with Gasteiger partial charge in [0, 0.05) is 18.2 Å². The molecule has 0 saturated carbocycles. The van der Waals surface area contributed by atoms with Gasteiger partial charge in [0.1, 0.15) is 5.82 Å². The lowest BCUT2D eigenvalue weighted by molar-refractivity contribution is -0.120. The van der Waals surface area contributed by atoms with Crippen molar-refractivity contribution in [2.75, 3.05) is 0 Å². The number of aromatic nitrogens is 5. The number of nitrogens with zero attached hydrogens (tertiary/aromatic N) is 5. The Hall–Kier alpha value is -3.55. The van der Waals surface area contributed by atoms with Crippen LogP contribution in [0.3, 0.4) is 0 Å². The quantitative estimate of drug-likeness (QED) is 0.548. The topological polar surface area (TPSA) is 98.2 Å². The first-order valence-electron chi connectivity index (χ1n) is 9.81. The Morgan fingerprint density at radius 3 is 2.67 bits per heavy atom. The molecule has 0 spiro atoms. The van der Waals surface area contributed by atoms with Gasteiger partial charge in [-0.2, -0.15) is 4.98 Å². The molecule has 0 aliphatic heterocycles. The number of hydrogen-bond acceptors (Lipinski definition) is 6. The van der Waals surface area contributed by atoms with Gasteiger partial charge in [-0.1, -0.05) is 50.2 Å². The van der Waals surface area contributed by atoms with E-state index in [1.54, 1.807) is 4.40 Å². The molecular formula is C22H24N6O2. The molecule has 30 heavy (non-hydrogen) atoms. The summed E-state index contributed by atoms with van der Waals surface area (Å²) >= 11 is 0. The Kier molecular flexibility index (Phi) is 5.07. The molecular weight excluding hydrogens is 380 g/mol. The van der Waals surface area contributed by atoms with Gasteiger partial charge >= 0.3 is 0 Å². The first-order valence-corrected chi connectivity index (χ1v) is 9.81. The van der Waals surface area contributed by atoms with Gasteiger partial charge in [0.25, 0.3) is 5.89 Å². The van der Waals surface area contributed by atoms with Crippen LogP contribution in [-0.2, 0) is 23.2 Å². The molecule has 4 rings (SSSR count). The molecule has 0 radical (unpaired) electrons. The van der Waals surface area contributed by atoms with E-state index in [0.717, 1.165) is 11.1 Å². The number of fused-ring (bicyclic) bond motifs is 1. The maximum absolute atomic E-state index is 12.5. The predicted octanol–water partition coefficient (Wildman–Crippen LogP) is 3.24. The molecule has 0 atom stereocenters. The van der Waals surface area contributed by atoms with Crippen LogP contribution in [-0.4, -0.2) is 30.6 Å². The molecule has 1 N–H and O–H groups in total. The fourth-order valence-corrected chi connectivity index (χ4v) is 3.10. The Morgan fingerprint density at radius 2 is 1.93 bits per heavy atom. The Morgan fingerprint density at radius 1 is 1.13 bits per heavy atom. The lowest BCUT2D eigenvalue weighted by Gasteiger charge is -2.10. The van der Waals surface area contributed by atoms with Crippen LogP contribution in [0.1, 0.15) is 43.5 Å². The van der Waals surface area contributed by atoms with Crippen molar-refractivity contribution in [2.45, 2.75) is 46.1 Å². The van der Waals surface area contributed by atoms with Crippen LogP contribution in [0.15, 0.2) is 47.1 Å². The van der Waals surface area contributed by atoms with E-state index in [2.05, 4.69) is 25.7 Å². The summed E-state index contributed by atoms with van der Waals surface area (Å²) in [5, 5.41) is 15.5. The fourth-order valence-electron chi connectivity index (χ4n) is 3.10. The second-order valence-electron chi connectivity index (χ2n) is 8.28. The van der Waals surface area contributed by atoms with Crippen LogP contribution >= 0.6 is 0 Å². The van der Waals surface area contributed by atoms with E-state index >= 15 is 0 Å². The summed E-state index contributed by atoms with van der Waals surface area (Å²) in [6, 6.07) is 11.7. The molecule has 0 fully saturated rings. The van der Waals surface area contributed by atoms with Gasteiger partial charge in [-0.3, -0.25) is 9.20 Å². The van der Waals surface area contributed by atoms with Crippen molar-refractivity contribution in [3.8, 4) is 11.5 Å². The zero-order valence-electron chi connectivity index (χ0n) is 17.5. The van der Waals surface area contributed by atoms with Crippen LogP contribution in [0.25, 0.3) is 17.1 Å². The summed E-state index contributed by atoms with van der Waals surface area (Å²) in [4.78, 5) is 17.0. The summed E-state index contributed by atoms with van der Waals surface area (Å²) in [6.45, 7) is 8.57. The van der Waals surface area contributed by atoms with Crippen molar-refractivity contribution in [3.05, 3.63) is 65.4 Å². The molecule has 8 heteroatoms. The van der Waals surface area contributed by atoms with Crippen molar-refractivity contribution in [2.24, 2.45) is 0 Å². The van der Waals surface area contributed by atoms with Gasteiger partial charge in [0.15, 0.2) is 11.5 Å². The van der Waals surface area contributed by atoms with Gasteiger partial charge in [0.05, 0.1) is 12.0 Å². The van der Waals surface area contributed by atoms with Crippen molar-refractivity contribution in [3.63, 3.8) is 0 Å². The molecule has 8 nitrogen and oxygen atoms in total. The van der Waals surface area contributed by atoms with E-state index in [-0.39, 0.29) is 17.7 Å². The number of rotatable bonds is 5. The third-order valence-electron chi connectivity index (χ3n) is 4.89. The second kappa shape index (κ2) is 7.70. The molecule has 1 aromatic carbocycles. The van der Waals surface area contributed by atoms with Gasteiger partial charge in [-0.15, -0.1) is 10.2 Å². The van der Waals surface area contributed by atoms with Crippen molar-refractivity contribution >= 4 is 11.6 Å². The number of nitrogens with one attached hydrogen (secondary N) is 1. The van der Waals surface area contributed by atoms with E-state index in [1.165, 1.54) is 0 Å². The number of pyridine rings is 1. The highest BCUT2D eigenvalue weighted by molar-refractivity contribution is 5.78. The summed E-state index contributed by atoms with van der Waals surface area (Å²) in [6.07, 6.45) is 1.94. The van der Waals surface area contributed by atoms with E-state index in [4.69, 9.17) is 4.52 Å². The van der Waals surface area contributed by atoms with E-state index in [0.29, 0.717) is 35.3 Å². The fraction of sp³-hybridized carbons (Fsp3) is 0.318. The molecule has 1 amide bonds. The normalized spacial score (nSPS) is 11.7. The molecule has 0 aliphatic rings. The van der Waals surface area contributed by atoms with Crippen molar-refractivity contribution in [1.82, 2.24) is 30.1 Å². The summed E-state index contributed by atoms with van der Waals surface area (Å²) in [7, 11) is 0. The first-order chi connectivity index (χ1) is 14.3. The molecule has 3 heterocycles. The van der Waals surface area contributed by atoms with Crippen molar-refractivity contribution < 1.29 is 9.32 Å². The smallest absolute Gasteiger partial charge is 0.261 e. The number of carbonyl (C=O) groups excluding carboxylic acids is 1. The van der Waals surface area contributed by atoms with E-state index < -0.39 is 0 Å². The van der Waals surface area contributed by atoms with Crippen molar-refractivity contribution in [1.29, 1.82) is 0 Å². The monoisotopic (exact) mass is 404 g/mol. The zero-order valence-corrected chi connectivity index (χ0v) is 17.5. The van der Waals surface area contributed by atoms with Crippen LogP contribution in [0, 0.1) is 6.92 Å². The summed E-state index contributed by atoms with van der Waals surface area (Å²) < 4.78 is 7.23. The van der Waals surface area contributed by atoms with Crippen LogP contribution in [0.5, 0.6) is 0 Å². The minimum absolute atomic E-state index is 0.119. The van der Waals surface area contributed by atoms with Crippen LogP contribution in [0.4, 0.5) is 0 Å². The Labute approximate surface area is 174 Å². The standard InChI is InChI=1S/C22H24N6O2/c1-14-8-5-6-9-15(14)13-23-18(29)12-17-25-26-19-16(10-7-11-28(17)19)20-24-21(27-30-20)22(2,3)4/h5-11H,12-13H2,1-4H3,(H,23,29). The third-order valence-corrected chi connectivity index (χ3v) is 4.89. The molecule has 0 aliphatic carbocycles. The molecule has 3 aromatic heterocycles. The lowest BCUT2D eigenvalue weighted by atomic mass is 9.96. The molecule has 0 unspecified atom stereocenters. The average molecular weight is 404 g/mol. The van der Waals surface area contributed by atoms with Gasteiger partial charge in [0.2, 0.25) is 5.91 Å². The molecule has 0 saturated heterocycles. The minimum atomic E-state index is -0.221. The molecule has 4 aromatic rings. The predicted molar refractivity (Wildman–Crippen MR) is 112 cm³/mol. The van der Waals surface area contributed by atoms with Gasteiger partial charge in [-0.05, 0) is 30.2 Å². The Balaban J connectivity index is 1.54. The van der Waals surface area contributed by atoms with Crippen LogP contribution < -0.4 is 5.32 Å². The SMILES string of the molecule is Cc1ccccc1CNC(=O)Cc1nnc2c(-c3nc(C(C)(C)C)no3)cccn12. The minimum Gasteiger partial charge on any atom is -0.352 e. The third kappa shape index (κ3) is 3.94. The second-order valence-corrected chi connectivity index (χ2v) is 8.28. The number of aryl methyl sites for hydroxylation is 1. The number of benzene rings is 1. The number of carbonyl (C=O) groups is 1. The summed E-state index contributed by atoms with van der Waals surface area (Å²) in [5.74, 6) is 1.43. The van der Waals surface area contributed by atoms with E-state index in [1.807, 2.05) is 70.3 Å². The largest absolute Gasteiger partial charge is 0.352 e. The lowest BCUT2D eigenvalue weighted by Crippen LogP contribution is -2.25. The highest BCUT2D eigenvalue weighted by atomic mass is 16.5. The van der Waals surface area contributed by atoms with Gasteiger partial charge in [-0.25, -0.2) is 0 Å². The first kappa shape index (κ1) is 19.8. The maximum Gasteiger partial charge on any atom is 0.261 e. The number of amides is 1. The van der Waals surface area contributed by atoms with Crippen LogP contribution in [0.2, 0.25) is 0 Å². The number of hydrogen-bond donors (Lipinski definition) is 1. The maximum atomic E-state index is 12.5.